The average Bonchev–Trinajstić information content (AvgIpc) is 2.71. The van der Waals surface area contributed by atoms with Crippen molar-refractivity contribution in [1.29, 1.82) is 5.26 Å². The largest absolute Gasteiger partial charge is 0.365 e. The van der Waals surface area contributed by atoms with Gasteiger partial charge in [-0.15, -0.1) is 0 Å². The summed E-state index contributed by atoms with van der Waals surface area (Å²) in [7, 11) is 0. The second-order valence-corrected chi connectivity index (χ2v) is 4.37. The summed E-state index contributed by atoms with van der Waals surface area (Å²) in [6.07, 6.45) is 2.87. The summed E-state index contributed by atoms with van der Waals surface area (Å²) in [6.45, 7) is 0. The minimum atomic E-state index is 0.474. The molecule has 1 aromatic rings. The van der Waals surface area contributed by atoms with Gasteiger partial charge in [0.2, 0.25) is 0 Å². The van der Waals surface area contributed by atoms with Crippen LogP contribution in [0.2, 0.25) is 0 Å². The van der Waals surface area contributed by atoms with Gasteiger partial charge < -0.3 is 5.32 Å². The highest BCUT2D eigenvalue weighted by Gasteiger charge is 2.16. The number of hydrogen-bond acceptors (Lipinski definition) is 4. The maximum atomic E-state index is 8.86. The predicted octanol–water partition coefficient (Wildman–Crippen LogP) is 1.87. The smallest absolute Gasteiger partial charge is 0.144 e. The van der Waals surface area contributed by atoms with Gasteiger partial charge in [-0.05, 0) is 24.3 Å². The van der Waals surface area contributed by atoms with E-state index in [-0.39, 0.29) is 0 Å². The molecule has 1 unspecified atom stereocenters. The zero-order valence-electron chi connectivity index (χ0n) is 7.73. The molecule has 1 fully saturated rings. The van der Waals surface area contributed by atoms with Crippen LogP contribution in [-0.4, -0.2) is 22.5 Å². The lowest BCUT2D eigenvalue weighted by Crippen LogP contribution is -2.19. The molecule has 72 valence electrons. The zero-order valence-corrected chi connectivity index (χ0v) is 8.55. The number of pyridine rings is 1. The Labute approximate surface area is 87.5 Å². The van der Waals surface area contributed by atoms with Crippen molar-refractivity contribution in [2.45, 2.75) is 12.5 Å². The van der Waals surface area contributed by atoms with E-state index < -0.39 is 0 Å². The third-order valence-corrected chi connectivity index (χ3v) is 3.36. The van der Waals surface area contributed by atoms with Gasteiger partial charge in [0, 0.05) is 18.0 Å². The van der Waals surface area contributed by atoms with Crippen LogP contribution in [-0.2, 0) is 0 Å². The monoisotopic (exact) mass is 205 g/mol. The van der Waals surface area contributed by atoms with Crippen LogP contribution in [0.1, 0.15) is 12.0 Å². The number of aromatic nitrogens is 1. The first-order valence-electron chi connectivity index (χ1n) is 4.59. The van der Waals surface area contributed by atoms with Crippen molar-refractivity contribution in [2.75, 3.05) is 16.8 Å². The molecule has 0 aromatic carbocycles. The van der Waals surface area contributed by atoms with Gasteiger partial charge in [0.15, 0.2) is 0 Å². The van der Waals surface area contributed by atoms with Crippen molar-refractivity contribution in [3.8, 4) is 6.07 Å². The highest BCUT2D eigenvalue weighted by atomic mass is 32.2. The summed E-state index contributed by atoms with van der Waals surface area (Å²) in [5, 5.41) is 12.2. The zero-order chi connectivity index (χ0) is 9.80. The fourth-order valence-electron chi connectivity index (χ4n) is 1.45. The van der Waals surface area contributed by atoms with E-state index in [0.717, 1.165) is 18.0 Å². The molecule has 14 heavy (non-hydrogen) atoms. The maximum Gasteiger partial charge on any atom is 0.144 e. The molecule has 0 saturated carbocycles. The normalized spacial score (nSPS) is 20.4. The SMILES string of the molecule is N#Cc1cccnc1NC1CCSC1. The first-order chi connectivity index (χ1) is 6.90. The highest BCUT2D eigenvalue weighted by molar-refractivity contribution is 7.99. The summed E-state index contributed by atoms with van der Waals surface area (Å²) in [5.74, 6) is 3.04. The van der Waals surface area contributed by atoms with E-state index in [0.29, 0.717) is 11.6 Å². The van der Waals surface area contributed by atoms with Gasteiger partial charge in [-0.3, -0.25) is 0 Å². The summed E-state index contributed by atoms with van der Waals surface area (Å²) in [6, 6.07) is 6.19. The first kappa shape index (κ1) is 9.35. The van der Waals surface area contributed by atoms with Crippen LogP contribution in [0.25, 0.3) is 0 Å². The summed E-state index contributed by atoms with van der Waals surface area (Å²) in [4.78, 5) is 4.17. The number of thioether (sulfide) groups is 1. The first-order valence-corrected chi connectivity index (χ1v) is 5.75. The number of nitrogens with zero attached hydrogens (tertiary/aromatic N) is 2. The molecule has 0 amide bonds. The molecule has 0 spiro atoms. The van der Waals surface area contributed by atoms with Crippen LogP contribution in [0.15, 0.2) is 18.3 Å². The fraction of sp³-hybridized carbons (Fsp3) is 0.400. The van der Waals surface area contributed by atoms with Gasteiger partial charge >= 0.3 is 0 Å². The van der Waals surface area contributed by atoms with Crippen molar-refractivity contribution in [3.63, 3.8) is 0 Å². The number of anilines is 1. The molecular weight excluding hydrogens is 194 g/mol. The molecule has 1 N–H and O–H groups in total. The third kappa shape index (κ3) is 1.99. The van der Waals surface area contributed by atoms with E-state index >= 15 is 0 Å². The molecule has 1 atom stereocenters. The minimum Gasteiger partial charge on any atom is -0.365 e. The molecular formula is C10H11N3S. The van der Waals surface area contributed by atoms with Crippen LogP contribution < -0.4 is 5.32 Å². The van der Waals surface area contributed by atoms with Crippen LogP contribution in [0.5, 0.6) is 0 Å². The van der Waals surface area contributed by atoms with E-state index in [4.69, 9.17) is 5.26 Å². The van der Waals surface area contributed by atoms with Crippen LogP contribution in [0, 0.1) is 11.3 Å². The lowest BCUT2D eigenvalue weighted by Gasteiger charge is -2.12. The quantitative estimate of drug-likeness (QED) is 0.800. The topological polar surface area (TPSA) is 48.7 Å². The molecule has 1 aliphatic heterocycles. The Morgan fingerprint density at radius 1 is 1.64 bits per heavy atom. The van der Waals surface area contributed by atoms with Crippen molar-refractivity contribution >= 4 is 17.6 Å². The summed E-state index contributed by atoms with van der Waals surface area (Å²) >= 11 is 1.94. The average molecular weight is 205 g/mol. The minimum absolute atomic E-state index is 0.474. The molecule has 1 aromatic heterocycles. The molecule has 1 saturated heterocycles. The van der Waals surface area contributed by atoms with Gasteiger partial charge in [0.1, 0.15) is 11.9 Å². The second-order valence-electron chi connectivity index (χ2n) is 3.22. The van der Waals surface area contributed by atoms with Gasteiger partial charge in [0.25, 0.3) is 0 Å². The Balaban J connectivity index is 2.11. The van der Waals surface area contributed by atoms with Gasteiger partial charge in [-0.1, -0.05) is 0 Å². The molecule has 2 heterocycles. The Bertz CT molecular complexity index is 353. The van der Waals surface area contributed by atoms with Crippen molar-refractivity contribution in [3.05, 3.63) is 23.9 Å². The molecule has 0 radical (unpaired) electrons. The number of nitrogens with one attached hydrogen (secondary N) is 1. The number of rotatable bonds is 2. The molecule has 0 bridgehead atoms. The Kier molecular flexibility index (Phi) is 2.90. The Morgan fingerprint density at radius 2 is 2.57 bits per heavy atom. The third-order valence-electron chi connectivity index (χ3n) is 2.20. The standard InChI is InChI=1S/C10H11N3S/c11-6-8-2-1-4-12-10(8)13-9-3-5-14-7-9/h1-2,4,9H,3,5,7H2,(H,12,13). The molecule has 3 nitrogen and oxygen atoms in total. The number of nitriles is 1. The molecule has 4 heteroatoms. The van der Waals surface area contributed by atoms with Crippen LogP contribution >= 0.6 is 11.8 Å². The molecule has 1 aliphatic rings. The fourth-order valence-corrected chi connectivity index (χ4v) is 2.60. The molecule has 0 aliphatic carbocycles. The predicted molar refractivity (Wildman–Crippen MR) is 58.3 cm³/mol. The van der Waals surface area contributed by atoms with E-state index in [1.807, 2.05) is 11.8 Å². The number of hydrogen-bond donors (Lipinski definition) is 1. The van der Waals surface area contributed by atoms with E-state index in [2.05, 4.69) is 16.4 Å². The lowest BCUT2D eigenvalue weighted by atomic mass is 10.2. The Hall–Kier alpha value is -1.21. The van der Waals surface area contributed by atoms with Crippen LogP contribution in [0.4, 0.5) is 5.82 Å². The lowest BCUT2D eigenvalue weighted by molar-refractivity contribution is 0.806. The van der Waals surface area contributed by atoms with Gasteiger partial charge in [-0.25, -0.2) is 4.98 Å². The summed E-state index contributed by atoms with van der Waals surface area (Å²) < 4.78 is 0. The van der Waals surface area contributed by atoms with Gasteiger partial charge in [-0.2, -0.15) is 17.0 Å². The Morgan fingerprint density at radius 3 is 3.29 bits per heavy atom. The van der Waals surface area contributed by atoms with Crippen molar-refractivity contribution in [2.24, 2.45) is 0 Å². The van der Waals surface area contributed by atoms with Gasteiger partial charge in [0.05, 0.1) is 5.56 Å². The van der Waals surface area contributed by atoms with Crippen molar-refractivity contribution in [1.82, 2.24) is 4.98 Å². The van der Waals surface area contributed by atoms with Crippen LogP contribution in [0.3, 0.4) is 0 Å². The second kappa shape index (κ2) is 4.34. The van der Waals surface area contributed by atoms with Crippen molar-refractivity contribution < 1.29 is 0 Å². The van der Waals surface area contributed by atoms with E-state index in [1.54, 1.807) is 18.3 Å². The highest BCUT2D eigenvalue weighted by Crippen LogP contribution is 2.21. The maximum absolute atomic E-state index is 8.86. The molecule has 2 rings (SSSR count). The summed E-state index contributed by atoms with van der Waals surface area (Å²) in [5.41, 5.74) is 0.629. The van der Waals surface area contributed by atoms with E-state index in [9.17, 15) is 0 Å². The van der Waals surface area contributed by atoms with E-state index in [1.165, 1.54) is 5.75 Å².